The van der Waals surface area contributed by atoms with E-state index in [0.717, 1.165) is 16.3 Å². The van der Waals surface area contributed by atoms with Gasteiger partial charge in [0.25, 0.3) is 0 Å². The molecule has 1 aliphatic rings. The lowest BCUT2D eigenvalue weighted by atomic mass is 10.2. The van der Waals surface area contributed by atoms with Crippen LogP contribution in [-0.4, -0.2) is 22.9 Å². The molecule has 0 aliphatic carbocycles. The second-order valence-electron chi connectivity index (χ2n) is 5.04. The van der Waals surface area contributed by atoms with Crippen LogP contribution in [0.3, 0.4) is 0 Å². The number of rotatable bonds is 4. The van der Waals surface area contributed by atoms with Gasteiger partial charge in [0.1, 0.15) is 5.01 Å². The molecule has 1 aromatic heterocycles. The van der Waals surface area contributed by atoms with Crippen molar-refractivity contribution in [1.29, 1.82) is 0 Å². The zero-order chi connectivity index (χ0) is 15.5. The maximum absolute atomic E-state index is 11.9. The van der Waals surface area contributed by atoms with Gasteiger partial charge in [0.05, 0.1) is 0 Å². The molecule has 0 saturated heterocycles. The molecule has 0 bridgehead atoms. The maximum atomic E-state index is 11.9. The van der Waals surface area contributed by atoms with Gasteiger partial charge in [-0.2, -0.15) is 0 Å². The van der Waals surface area contributed by atoms with Gasteiger partial charge in [0.15, 0.2) is 11.5 Å². The molecule has 6 nitrogen and oxygen atoms in total. The number of ether oxygens (including phenoxy) is 2. The SMILES string of the molecule is CC(C)c1nnc(NC(=O)/C=C\c2ccc3c(c2)OCO3)s1. The molecule has 2 heterocycles. The first-order chi connectivity index (χ1) is 10.6. The fraction of sp³-hybridized carbons (Fsp3) is 0.267. The van der Waals surface area contributed by atoms with E-state index >= 15 is 0 Å². The average molecular weight is 317 g/mol. The number of nitrogens with zero attached hydrogens (tertiary/aromatic N) is 2. The predicted octanol–water partition coefficient (Wildman–Crippen LogP) is 3.04. The molecule has 0 radical (unpaired) electrons. The topological polar surface area (TPSA) is 73.3 Å². The Labute approximate surface area is 131 Å². The normalized spacial score (nSPS) is 13.0. The van der Waals surface area contributed by atoms with Gasteiger partial charge in [-0.3, -0.25) is 10.1 Å². The second-order valence-corrected chi connectivity index (χ2v) is 6.04. The summed E-state index contributed by atoms with van der Waals surface area (Å²) in [6.07, 6.45) is 3.16. The number of carbonyl (C=O) groups excluding carboxylic acids is 1. The third-order valence-electron chi connectivity index (χ3n) is 2.99. The van der Waals surface area contributed by atoms with Crippen molar-refractivity contribution in [2.45, 2.75) is 19.8 Å². The molecule has 1 amide bonds. The predicted molar refractivity (Wildman–Crippen MR) is 84.2 cm³/mol. The molecule has 1 N–H and O–H groups in total. The minimum Gasteiger partial charge on any atom is -0.454 e. The van der Waals surface area contributed by atoms with Gasteiger partial charge in [-0.1, -0.05) is 31.3 Å². The van der Waals surface area contributed by atoms with E-state index in [4.69, 9.17) is 9.47 Å². The summed E-state index contributed by atoms with van der Waals surface area (Å²) < 4.78 is 10.5. The minimum absolute atomic E-state index is 0.234. The Morgan fingerprint density at radius 2 is 2.14 bits per heavy atom. The number of anilines is 1. The summed E-state index contributed by atoms with van der Waals surface area (Å²) in [5, 5.41) is 12.1. The van der Waals surface area contributed by atoms with Crippen LogP contribution in [-0.2, 0) is 4.79 Å². The first-order valence-electron chi connectivity index (χ1n) is 6.84. The number of aromatic nitrogens is 2. The Morgan fingerprint density at radius 1 is 1.32 bits per heavy atom. The van der Waals surface area contributed by atoms with Gasteiger partial charge >= 0.3 is 0 Å². The average Bonchev–Trinajstić information content (AvgIpc) is 3.13. The molecule has 3 rings (SSSR count). The van der Waals surface area contributed by atoms with Crippen LogP contribution in [0.4, 0.5) is 5.13 Å². The molecular weight excluding hydrogens is 302 g/mol. The van der Waals surface area contributed by atoms with Crippen LogP contribution in [0.25, 0.3) is 6.08 Å². The third kappa shape index (κ3) is 3.25. The van der Waals surface area contributed by atoms with Gasteiger partial charge in [0, 0.05) is 12.0 Å². The first-order valence-corrected chi connectivity index (χ1v) is 7.65. The standard InChI is InChI=1S/C15H15N3O3S/c1-9(2)14-17-18-15(22-14)16-13(19)6-4-10-3-5-11-12(7-10)21-8-20-11/h3-7,9H,8H2,1-2H3,(H,16,18,19)/b6-4-. The third-order valence-corrected chi connectivity index (χ3v) is 4.13. The van der Waals surface area contributed by atoms with Crippen molar-refractivity contribution in [1.82, 2.24) is 10.2 Å². The molecule has 22 heavy (non-hydrogen) atoms. The lowest BCUT2D eigenvalue weighted by molar-refractivity contribution is -0.111. The van der Waals surface area contributed by atoms with E-state index in [9.17, 15) is 4.79 Å². The highest BCUT2D eigenvalue weighted by molar-refractivity contribution is 7.15. The maximum Gasteiger partial charge on any atom is 0.250 e. The molecule has 0 saturated carbocycles. The molecule has 1 aliphatic heterocycles. The van der Waals surface area contributed by atoms with E-state index in [-0.39, 0.29) is 12.7 Å². The van der Waals surface area contributed by atoms with Crippen LogP contribution >= 0.6 is 11.3 Å². The highest BCUT2D eigenvalue weighted by Gasteiger charge is 2.12. The van der Waals surface area contributed by atoms with Gasteiger partial charge in [0.2, 0.25) is 17.8 Å². The number of hydrogen-bond acceptors (Lipinski definition) is 6. The number of hydrogen-bond donors (Lipinski definition) is 1. The van der Waals surface area contributed by atoms with Crippen molar-refractivity contribution in [3.05, 3.63) is 34.8 Å². The van der Waals surface area contributed by atoms with Crippen LogP contribution in [0.2, 0.25) is 0 Å². The quantitative estimate of drug-likeness (QED) is 0.877. The molecule has 0 atom stereocenters. The molecule has 7 heteroatoms. The van der Waals surface area contributed by atoms with E-state index in [1.54, 1.807) is 6.08 Å². The monoisotopic (exact) mass is 317 g/mol. The van der Waals surface area contributed by atoms with E-state index in [0.29, 0.717) is 16.8 Å². The van der Waals surface area contributed by atoms with E-state index in [1.807, 2.05) is 32.0 Å². The molecule has 1 aromatic carbocycles. The molecular formula is C15H15N3O3S. The summed E-state index contributed by atoms with van der Waals surface area (Å²) in [6.45, 7) is 4.30. The van der Waals surface area contributed by atoms with E-state index in [2.05, 4.69) is 15.5 Å². The van der Waals surface area contributed by atoms with Crippen molar-refractivity contribution >= 4 is 28.5 Å². The number of fused-ring (bicyclic) bond motifs is 1. The van der Waals surface area contributed by atoms with Gasteiger partial charge < -0.3 is 9.47 Å². The van der Waals surface area contributed by atoms with Crippen LogP contribution in [0.1, 0.15) is 30.3 Å². The fourth-order valence-corrected chi connectivity index (χ4v) is 2.60. The summed E-state index contributed by atoms with van der Waals surface area (Å²) >= 11 is 1.38. The van der Waals surface area contributed by atoms with E-state index < -0.39 is 0 Å². The van der Waals surface area contributed by atoms with Crippen molar-refractivity contribution in [3.8, 4) is 11.5 Å². The van der Waals surface area contributed by atoms with Crippen molar-refractivity contribution < 1.29 is 14.3 Å². The largest absolute Gasteiger partial charge is 0.454 e. The van der Waals surface area contributed by atoms with Crippen LogP contribution in [0.5, 0.6) is 11.5 Å². The first kappa shape index (κ1) is 14.5. The van der Waals surface area contributed by atoms with E-state index in [1.165, 1.54) is 17.4 Å². The summed E-state index contributed by atoms with van der Waals surface area (Å²) in [4.78, 5) is 11.9. The Morgan fingerprint density at radius 3 is 2.91 bits per heavy atom. The van der Waals surface area contributed by atoms with Crippen molar-refractivity contribution in [3.63, 3.8) is 0 Å². The van der Waals surface area contributed by atoms with Crippen LogP contribution in [0, 0.1) is 0 Å². The number of benzene rings is 1. The highest BCUT2D eigenvalue weighted by atomic mass is 32.1. The number of amides is 1. The summed E-state index contributed by atoms with van der Waals surface area (Å²) in [6, 6.07) is 5.51. The van der Waals surface area contributed by atoms with Gasteiger partial charge in [-0.15, -0.1) is 10.2 Å². The second kappa shape index (κ2) is 6.15. The van der Waals surface area contributed by atoms with Crippen molar-refractivity contribution in [2.75, 3.05) is 12.1 Å². The lowest BCUT2D eigenvalue weighted by Gasteiger charge is -1.98. The van der Waals surface area contributed by atoms with Crippen molar-refractivity contribution in [2.24, 2.45) is 0 Å². The zero-order valence-corrected chi connectivity index (χ0v) is 13.0. The zero-order valence-electron chi connectivity index (χ0n) is 12.2. The summed E-state index contributed by atoms with van der Waals surface area (Å²) in [5.74, 6) is 1.46. The minimum atomic E-state index is -0.246. The Hall–Kier alpha value is -2.41. The number of nitrogens with one attached hydrogen (secondary N) is 1. The van der Waals surface area contributed by atoms with Crippen LogP contribution < -0.4 is 14.8 Å². The molecule has 0 unspecified atom stereocenters. The summed E-state index contributed by atoms with van der Waals surface area (Å²) in [7, 11) is 0. The number of carbonyl (C=O) groups is 1. The highest BCUT2D eigenvalue weighted by Crippen LogP contribution is 2.32. The molecule has 114 valence electrons. The van der Waals surface area contributed by atoms with Gasteiger partial charge in [-0.05, 0) is 23.8 Å². The van der Waals surface area contributed by atoms with Gasteiger partial charge in [-0.25, -0.2) is 0 Å². The Bertz CT molecular complexity index is 725. The van der Waals surface area contributed by atoms with Crippen LogP contribution in [0.15, 0.2) is 24.3 Å². The molecule has 0 fully saturated rings. The molecule has 0 spiro atoms. The lowest BCUT2D eigenvalue weighted by Crippen LogP contribution is -2.07. The smallest absolute Gasteiger partial charge is 0.250 e. The summed E-state index contributed by atoms with van der Waals surface area (Å²) in [5.41, 5.74) is 0.861. The Balaban J connectivity index is 1.63. The fourth-order valence-electron chi connectivity index (χ4n) is 1.85. The molecule has 2 aromatic rings. The Kier molecular flexibility index (Phi) is 4.06.